The van der Waals surface area contributed by atoms with Gasteiger partial charge >= 0.3 is 12.4 Å². The fourth-order valence-electron chi connectivity index (χ4n) is 4.56. The molecule has 1 aromatic carbocycles. The van der Waals surface area contributed by atoms with Crippen molar-refractivity contribution in [1.82, 2.24) is 19.9 Å². The Kier molecular flexibility index (Phi) is 8.10. The lowest BCUT2D eigenvalue weighted by Crippen LogP contribution is -2.40. The maximum atomic E-state index is 13.5. The van der Waals surface area contributed by atoms with Gasteiger partial charge in [-0.2, -0.15) is 26.3 Å². The van der Waals surface area contributed by atoms with Gasteiger partial charge in [0.05, 0.1) is 28.7 Å². The number of rotatable bonds is 6. The number of amides is 1. The quantitative estimate of drug-likeness (QED) is 0.302. The van der Waals surface area contributed by atoms with E-state index in [4.69, 9.17) is 21.2 Å². The lowest BCUT2D eigenvalue weighted by atomic mass is 9.97. The van der Waals surface area contributed by atoms with E-state index in [1.807, 2.05) is 0 Å². The molecular weight excluding hydrogens is 600 g/mol. The van der Waals surface area contributed by atoms with Gasteiger partial charge in [-0.25, -0.2) is 9.97 Å². The number of alkyl halides is 6. The van der Waals surface area contributed by atoms with Gasteiger partial charge in [-0.1, -0.05) is 22.8 Å². The van der Waals surface area contributed by atoms with Crippen LogP contribution in [0.15, 0.2) is 41.1 Å². The van der Waals surface area contributed by atoms with Crippen LogP contribution in [0.4, 0.5) is 26.3 Å². The number of nitrogens with zero attached hydrogens (tertiary/aromatic N) is 5. The molecule has 1 saturated heterocycles. The smallest absolute Gasteiger partial charge is 0.435 e. The lowest BCUT2D eigenvalue weighted by Gasteiger charge is -2.31. The van der Waals surface area contributed by atoms with Gasteiger partial charge in [0.1, 0.15) is 5.71 Å². The molecule has 1 amide bonds. The fourth-order valence-corrected chi connectivity index (χ4v) is 5.86. The number of aromatic nitrogens is 3. The number of hydrogen-bond acceptors (Lipinski definition) is 8. The number of hydrogen-bond donors (Lipinski definition) is 0. The third-order valence-corrected chi connectivity index (χ3v) is 7.95. The number of carbonyl (C=O) groups excluding carboxylic acids is 1. The Morgan fingerprint density at radius 1 is 1.10 bits per heavy atom. The average molecular weight is 620 g/mol. The van der Waals surface area contributed by atoms with Crippen molar-refractivity contribution in [3.05, 3.63) is 68.5 Å². The number of likely N-dealkylation sites (tertiary alicyclic amines) is 1. The summed E-state index contributed by atoms with van der Waals surface area (Å²) < 4.78 is 84.1. The molecule has 2 aliphatic heterocycles. The van der Waals surface area contributed by atoms with Crippen molar-refractivity contribution in [2.45, 2.75) is 43.6 Å². The van der Waals surface area contributed by atoms with Crippen molar-refractivity contribution in [3.63, 3.8) is 0 Å². The van der Waals surface area contributed by atoms with E-state index in [1.54, 1.807) is 10.3 Å². The Hall–Kier alpha value is -3.46. The highest BCUT2D eigenvalue weighted by atomic mass is 35.5. The summed E-state index contributed by atoms with van der Waals surface area (Å²) in [5, 5.41) is 6.48. The van der Waals surface area contributed by atoms with Crippen molar-refractivity contribution in [1.29, 1.82) is 0 Å². The van der Waals surface area contributed by atoms with E-state index in [1.165, 1.54) is 23.5 Å². The zero-order chi connectivity index (χ0) is 29.4. The summed E-state index contributed by atoms with van der Waals surface area (Å²) in [7, 11) is 0. The van der Waals surface area contributed by atoms with E-state index in [9.17, 15) is 31.1 Å². The molecule has 0 saturated carbocycles. The molecule has 0 N–H and O–H groups in total. The van der Waals surface area contributed by atoms with Gasteiger partial charge in [-0.15, -0.1) is 11.3 Å². The number of ether oxygens (including phenoxy) is 1. The van der Waals surface area contributed by atoms with Crippen LogP contribution in [0.25, 0.3) is 0 Å². The molecule has 0 aliphatic carbocycles. The molecule has 218 valence electrons. The third kappa shape index (κ3) is 6.56. The van der Waals surface area contributed by atoms with Crippen molar-refractivity contribution in [3.8, 4) is 5.88 Å². The molecule has 41 heavy (non-hydrogen) atoms. The number of oxime groups is 1. The largest absolute Gasteiger partial charge is 0.466 e. The Balaban J connectivity index is 1.15. The van der Waals surface area contributed by atoms with Gasteiger partial charge in [-0.05, 0) is 25.0 Å². The molecule has 4 heterocycles. The molecule has 8 nitrogen and oxygen atoms in total. The second-order valence-corrected chi connectivity index (χ2v) is 10.6. The summed E-state index contributed by atoms with van der Waals surface area (Å²) in [4.78, 5) is 30.8. The minimum Gasteiger partial charge on any atom is -0.466 e. The highest BCUT2D eigenvalue weighted by Crippen LogP contribution is 2.42. The Bertz CT molecular complexity index is 1460. The number of piperidine rings is 1. The fraction of sp³-hybridized carbons (Fsp3) is 0.400. The summed E-state index contributed by atoms with van der Waals surface area (Å²) in [6.45, 7) is 0.286. The minimum absolute atomic E-state index is 0.0344. The van der Waals surface area contributed by atoms with E-state index in [0.717, 1.165) is 17.3 Å². The number of halogens is 7. The summed E-state index contributed by atoms with van der Waals surface area (Å²) in [5.74, 6) is -0.764. The monoisotopic (exact) mass is 619 g/mol. The predicted molar refractivity (Wildman–Crippen MR) is 135 cm³/mol. The predicted octanol–water partition coefficient (Wildman–Crippen LogP) is 6.27. The van der Waals surface area contributed by atoms with Crippen LogP contribution >= 0.6 is 22.9 Å². The zero-order valence-electron chi connectivity index (χ0n) is 20.9. The van der Waals surface area contributed by atoms with E-state index in [2.05, 4.69) is 20.1 Å². The van der Waals surface area contributed by atoms with Crippen molar-refractivity contribution in [2.24, 2.45) is 5.16 Å². The van der Waals surface area contributed by atoms with Crippen LogP contribution in [0.5, 0.6) is 5.88 Å². The van der Waals surface area contributed by atoms with Crippen LogP contribution in [0.3, 0.4) is 0 Å². The third-order valence-electron chi connectivity index (χ3n) is 6.61. The topological polar surface area (TPSA) is 89.8 Å². The van der Waals surface area contributed by atoms with Crippen LogP contribution in [-0.2, 0) is 22.0 Å². The van der Waals surface area contributed by atoms with Gasteiger partial charge in [0, 0.05) is 41.4 Å². The maximum Gasteiger partial charge on any atom is 0.435 e. The second-order valence-electron chi connectivity index (χ2n) is 9.29. The highest BCUT2D eigenvalue weighted by Gasteiger charge is 2.39. The van der Waals surface area contributed by atoms with E-state index >= 15 is 0 Å². The van der Waals surface area contributed by atoms with Gasteiger partial charge in [-0.3, -0.25) is 9.78 Å². The standard InChI is InChI=1S/C25H20ClF6N5O3S/c26-15-3-1-2-14(24(27,28)29)22(15)18-8-16(36-40-18)17-12-41-23(34-17)13-4-6-37(7-5-13)21(38)11-39-20-10-33-9-19(35-20)25(30,31)32/h1-3,9-10,12-13,18H,4-8,11H2. The molecule has 1 atom stereocenters. The van der Waals surface area contributed by atoms with Crippen LogP contribution < -0.4 is 4.74 Å². The van der Waals surface area contributed by atoms with Gasteiger partial charge in [0.2, 0.25) is 5.88 Å². The zero-order valence-corrected chi connectivity index (χ0v) is 22.4. The molecule has 5 rings (SSSR count). The van der Waals surface area contributed by atoms with E-state index in [-0.39, 0.29) is 22.9 Å². The normalized spacial score (nSPS) is 18.3. The lowest BCUT2D eigenvalue weighted by molar-refractivity contribution is -0.142. The summed E-state index contributed by atoms with van der Waals surface area (Å²) >= 11 is 7.48. The molecule has 16 heteroatoms. The average Bonchev–Trinajstić information content (AvgIpc) is 3.61. The SMILES string of the molecule is O=C(COc1cncc(C(F)(F)F)n1)N1CCC(c2nc(C3=NOC(c4c(Cl)cccc4C(F)(F)F)C3)cs2)CC1. The van der Waals surface area contributed by atoms with E-state index < -0.39 is 48.1 Å². The first-order valence-electron chi connectivity index (χ1n) is 12.2. The second kappa shape index (κ2) is 11.4. The maximum absolute atomic E-state index is 13.5. The van der Waals surface area contributed by atoms with Crippen molar-refractivity contribution in [2.75, 3.05) is 19.7 Å². The van der Waals surface area contributed by atoms with Crippen LogP contribution in [0, 0.1) is 0 Å². The van der Waals surface area contributed by atoms with Crippen molar-refractivity contribution >= 4 is 34.6 Å². The molecule has 0 radical (unpaired) electrons. The number of thiazole rings is 1. The molecule has 1 unspecified atom stereocenters. The van der Waals surface area contributed by atoms with Gasteiger partial charge < -0.3 is 14.5 Å². The Labute approximate surface area is 238 Å². The molecule has 3 aromatic rings. The first-order chi connectivity index (χ1) is 19.4. The molecular formula is C25H20ClF6N5O3S. The summed E-state index contributed by atoms with van der Waals surface area (Å²) in [5.41, 5.74) is -1.35. The molecule has 2 aliphatic rings. The van der Waals surface area contributed by atoms with Gasteiger partial charge in [0.15, 0.2) is 18.4 Å². The van der Waals surface area contributed by atoms with E-state index in [0.29, 0.717) is 43.5 Å². The molecule has 1 fully saturated rings. The number of benzene rings is 1. The van der Waals surface area contributed by atoms with Crippen LogP contribution in [-0.4, -0.2) is 51.2 Å². The molecule has 2 aromatic heterocycles. The van der Waals surface area contributed by atoms with Crippen LogP contribution in [0.2, 0.25) is 5.02 Å². The minimum atomic E-state index is -4.68. The first kappa shape index (κ1) is 29.0. The Morgan fingerprint density at radius 2 is 1.85 bits per heavy atom. The number of carbonyl (C=O) groups is 1. The van der Waals surface area contributed by atoms with Crippen molar-refractivity contribution < 1.29 is 40.7 Å². The highest BCUT2D eigenvalue weighted by molar-refractivity contribution is 7.10. The molecule has 0 spiro atoms. The summed E-state index contributed by atoms with van der Waals surface area (Å²) in [6.07, 6.45) is -7.48. The van der Waals surface area contributed by atoms with Gasteiger partial charge in [0.25, 0.3) is 5.91 Å². The van der Waals surface area contributed by atoms with Crippen LogP contribution in [0.1, 0.15) is 58.8 Å². The first-order valence-corrected chi connectivity index (χ1v) is 13.5. The molecule has 0 bridgehead atoms. The Morgan fingerprint density at radius 3 is 2.56 bits per heavy atom. The summed E-state index contributed by atoms with van der Waals surface area (Å²) in [6, 6.07) is 3.55.